The van der Waals surface area contributed by atoms with Crippen molar-refractivity contribution in [1.29, 1.82) is 0 Å². The summed E-state index contributed by atoms with van der Waals surface area (Å²) in [5.41, 5.74) is -0.216. The summed E-state index contributed by atoms with van der Waals surface area (Å²) in [6, 6.07) is 3.65. The van der Waals surface area contributed by atoms with Gasteiger partial charge in [0.05, 0.1) is 12.3 Å². The van der Waals surface area contributed by atoms with E-state index in [1.807, 2.05) is 0 Å². The first-order valence-electron chi connectivity index (χ1n) is 5.53. The van der Waals surface area contributed by atoms with E-state index in [0.717, 1.165) is 0 Å². The number of phenols is 1. The number of nitrogens with zero attached hydrogens (tertiary/aromatic N) is 1. The number of hydrogen-bond acceptors (Lipinski definition) is 4. The summed E-state index contributed by atoms with van der Waals surface area (Å²) in [7, 11) is 3.08. The van der Waals surface area contributed by atoms with Gasteiger partial charge in [0.2, 0.25) is 0 Å². The third kappa shape index (κ3) is 3.85. The van der Waals surface area contributed by atoms with Gasteiger partial charge in [-0.2, -0.15) is 0 Å². The Bertz CT molecular complexity index is 475. The summed E-state index contributed by atoms with van der Waals surface area (Å²) in [4.78, 5) is 23.9. The van der Waals surface area contributed by atoms with E-state index >= 15 is 0 Å². The summed E-state index contributed by atoms with van der Waals surface area (Å²) in [5, 5.41) is 21.0. The van der Waals surface area contributed by atoms with Crippen molar-refractivity contribution in [3.8, 4) is 5.75 Å². The molecule has 0 radical (unpaired) electrons. The van der Waals surface area contributed by atoms with Crippen molar-refractivity contribution in [2.45, 2.75) is 0 Å². The molecule has 0 unspecified atom stereocenters. The highest BCUT2D eigenvalue weighted by molar-refractivity contribution is 5.97. The number of rotatable bonds is 5. The third-order valence-corrected chi connectivity index (χ3v) is 2.49. The first-order valence-corrected chi connectivity index (χ1v) is 5.53. The molecule has 7 nitrogen and oxygen atoms in total. The van der Waals surface area contributed by atoms with E-state index in [1.54, 1.807) is 7.05 Å². The summed E-state index contributed by atoms with van der Waals surface area (Å²) < 4.78 is 4.84. The van der Waals surface area contributed by atoms with Gasteiger partial charge < -0.3 is 25.2 Å². The number of nitrogens with one attached hydrogen (secondary N) is 1. The van der Waals surface area contributed by atoms with Crippen molar-refractivity contribution >= 4 is 17.7 Å². The molecule has 1 aromatic carbocycles. The monoisotopic (exact) mass is 268 g/mol. The second kappa shape index (κ2) is 6.60. The molecule has 0 saturated heterocycles. The van der Waals surface area contributed by atoms with E-state index in [9.17, 15) is 14.7 Å². The number of amides is 2. The van der Waals surface area contributed by atoms with Crippen LogP contribution >= 0.6 is 0 Å². The number of benzene rings is 1. The molecule has 19 heavy (non-hydrogen) atoms. The van der Waals surface area contributed by atoms with Crippen molar-refractivity contribution in [3.05, 3.63) is 23.8 Å². The van der Waals surface area contributed by atoms with Crippen molar-refractivity contribution in [1.82, 2.24) is 4.90 Å². The van der Waals surface area contributed by atoms with Crippen LogP contribution in [-0.2, 0) is 4.74 Å². The van der Waals surface area contributed by atoms with Crippen LogP contribution in [0, 0.1) is 0 Å². The summed E-state index contributed by atoms with van der Waals surface area (Å²) >= 11 is 0. The van der Waals surface area contributed by atoms with Crippen molar-refractivity contribution < 1.29 is 24.5 Å². The molecule has 3 N–H and O–H groups in total. The van der Waals surface area contributed by atoms with Crippen LogP contribution in [0.3, 0.4) is 0 Å². The lowest BCUT2D eigenvalue weighted by Crippen LogP contribution is -2.33. The fourth-order valence-electron chi connectivity index (χ4n) is 1.36. The average molecular weight is 268 g/mol. The molecule has 0 spiro atoms. The Morgan fingerprint density at radius 2 is 2.11 bits per heavy atom. The van der Waals surface area contributed by atoms with Gasteiger partial charge in [0.15, 0.2) is 5.75 Å². The van der Waals surface area contributed by atoms with E-state index in [0.29, 0.717) is 13.2 Å². The lowest BCUT2D eigenvalue weighted by atomic mass is 10.1. The molecular weight excluding hydrogens is 252 g/mol. The van der Waals surface area contributed by atoms with Crippen LogP contribution in [0.4, 0.5) is 10.5 Å². The van der Waals surface area contributed by atoms with Gasteiger partial charge in [0.1, 0.15) is 5.56 Å². The van der Waals surface area contributed by atoms with E-state index in [1.165, 1.54) is 30.2 Å². The molecular formula is C12H16N2O5. The van der Waals surface area contributed by atoms with Gasteiger partial charge >= 0.3 is 12.0 Å². The first kappa shape index (κ1) is 14.8. The topological polar surface area (TPSA) is 99.1 Å². The van der Waals surface area contributed by atoms with Crippen LogP contribution in [0.1, 0.15) is 10.4 Å². The Hall–Kier alpha value is -2.28. The zero-order valence-corrected chi connectivity index (χ0v) is 10.7. The van der Waals surface area contributed by atoms with Crippen LogP contribution in [-0.4, -0.2) is 54.4 Å². The zero-order chi connectivity index (χ0) is 14.4. The molecule has 0 atom stereocenters. The highest BCUT2D eigenvalue weighted by Crippen LogP contribution is 2.27. The number of carboxylic acid groups (broad SMARTS) is 1. The molecule has 0 aliphatic rings. The summed E-state index contributed by atoms with van der Waals surface area (Å²) in [6.45, 7) is 0.757. The number of anilines is 1. The minimum absolute atomic E-state index is 0.0502. The number of carbonyl (C=O) groups excluding carboxylic acids is 1. The van der Waals surface area contributed by atoms with E-state index in [4.69, 9.17) is 9.84 Å². The van der Waals surface area contributed by atoms with E-state index in [-0.39, 0.29) is 11.3 Å². The maximum atomic E-state index is 11.8. The van der Waals surface area contributed by atoms with Gasteiger partial charge in [-0.3, -0.25) is 0 Å². The minimum Gasteiger partial charge on any atom is -0.505 e. The zero-order valence-electron chi connectivity index (χ0n) is 10.7. The number of aromatic carboxylic acids is 1. The Kier molecular flexibility index (Phi) is 5.13. The van der Waals surface area contributed by atoms with Crippen molar-refractivity contribution in [2.24, 2.45) is 0 Å². The SMILES string of the molecule is COCCN(C)C(=O)Nc1cccc(C(=O)O)c1O. The highest BCUT2D eigenvalue weighted by Gasteiger charge is 2.16. The third-order valence-electron chi connectivity index (χ3n) is 2.49. The number of aromatic hydroxyl groups is 1. The summed E-state index contributed by atoms with van der Waals surface area (Å²) in [6.07, 6.45) is 0. The maximum Gasteiger partial charge on any atom is 0.339 e. The molecule has 0 saturated carbocycles. The Morgan fingerprint density at radius 1 is 1.42 bits per heavy atom. The molecule has 0 fully saturated rings. The van der Waals surface area contributed by atoms with Crippen molar-refractivity contribution in [2.75, 3.05) is 32.6 Å². The van der Waals surface area contributed by atoms with E-state index in [2.05, 4.69) is 5.32 Å². The fraction of sp³-hybridized carbons (Fsp3) is 0.333. The molecule has 0 bridgehead atoms. The highest BCUT2D eigenvalue weighted by atomic mass is 16.5. The summed E-state index contributed by atoms with van der Waals surface area (Å²) in [5.74, 6) is -1.73. The molecule has 0 aromatic heterocycles. The fourth-order valence-corrected chi connectivity index (χ4v) is 1.36. The Labute approximate surface area is 110 Å². The van der Waals surface area contributed by atoms with E-state index < -0.39 is 17.7 Å². The van der Waals surface area contributed by atoms with Crippen LogP contribution in [0.15, 0.2) is 18.2 Å². The molecule has 1 rings (SSSR count). The van der Waals surface area contributed by atoms with Gasteiger partial charge in [-0.15, -0.1) is 0 Å². The number of likely N-dealkylation sites (N-methyl/N-ethyl adjacent to an activating group) is 1. The number of hydrogen-bond donors (Lipinski definition) is 3. The van der Waals surface area contributed by atoms with Crippen LogP contribution < -0.4 is 5.32 Å². The number of ether oxygens (including phenoxy) is 1. The van der Waals surface area contributed by atoms with Crippen LogP contribution in [0.25, 0.3) is 0 Å². The van der Waals surface area contributed by atoms with Crippen LogP contribution in [0.5, 0.6) is 5.75 Å². The largest absolute Gasteiger partial charge is 0.505 e. The quantitative estimate of drug-likeness (QED) is 0.697. The van der Waals surface area contributed by atoms with Gasteiger partial charge in [0.25, 0.3) is 0 Å². The number of para-hydroxylation sites is 1. The number of urea groups is 1. The maximum absolute atomic E-state index is 11.8. The molecule has 2 amide bonds. The molecule has 0 heterocycles. The van der Waals surface area contributed by atoms with Gasteiger partial charge in [-0.05, 0) is 12.1 Å². The van der Waals surface area contributed by atoms with Gasteiger partial charge in [-0.1, -0.05) is 6.07 Å². The standard InChI is InChI=1S/C12H16N2O5/c1-14(6-7-19-2)12(18)13-9-5-3-4-8(10(9)15)11(16)17/h3-5,15H,6-7H2,1-2H3,(H,13,18)(H,16,17). The molecule has 7 heteroatoms. The minimum atomic E-state index is -1.26. The molecule has 0 aliphatic heterocycles. The molecule has 1 aromatic rings. The second-order valence-corrected chi connectivity index (χ2v) is 3.85. The predicted octanol–water partition coefficient (Wildman–Crippen LogP) is 1.20. The van der Waals surface area contributed by atoms with Crippen molar-refractivity contribution in [3.63, 3.8) is 0 Å². The molecule has 104 valence electrons. The van der Waals surface area contributed by atoms with Gasteiger partial charge in [-0.25, -0.2) is 9.59 Å². The molecule has 0 aliphatic carbocycles. The number of carboxylic acids is 1. The Balaban J connectivity index is 2.80. The lowest BCUT2D eigenvalue weighted by molar-refractivity contribution is 0.0693. The Morgan fingerprint density at radius 3 is 2.68 bits per heavy atom. The smallest absolute Gasteiger partial charge is 0.339 e. The number of methoxy groups -OCH3 is 1. The second-order valence-electron chi connectivity index (χ2n) is 3.85. The van der Waals surface area contributed by atoms with Gasteiger partial charge in [0, 0.05) is 20.7 Å². The first-order chi connectivity index (χ1) is 8.97. The lowest BCUT2D eigenvalue weighted by Gasteiger charge is -2.18. The normalized spacial score (nSPS) is 10.0. The predicted molar refractivity (Wildman–Crippen MR) is 68.6 cm³/mol. The van der Waals surface area contributed by atoms with Crippen LogP contribution in [0.2, 0.25) is 0 Å². The average Bonchev–Trinajstić information content (AvgIpc) is 2.37. The number of carbonyl (C=O) groups is 2.